The molecule has 0 bridgehead atoms. The van der Waals surface area contributed by atoms with Crippen LogP contribution in [-0.2, 0) is 6.42 Å². The maximum atomic E-state index is 12.8. The summed E-state index contributed by atoms with van der Waals surface area (Å²) < 4.78 is 1.07. The van der Waals surface area contributed by atoms with Crippen LogP contribution in [0, 0.1) is 11.3 Å². The normalized spacial score (nSPS) is 15.1. The molecule has 3 aromatic carbocycles. The lowest BCUT2D eigenvalue weighted by Crippen LogP contribution is -2.51. The maximum Gasteiger partial charge on any atom is 0.321 e. The lowest BCUT2D eigenvalue weighted by Gasteiger charge is -2.39. The van der Waals surface area contributed by atoms with Crippen molar-refractivity contribution in [3.05, 3.63) is 100 Å². The number of anilines is 1. The van der Waals surface area contributed by atoms with Crippen LogP contribution in [0.15, 0.2) is 83.3 Å². The fourth-order valence-electron chi connectivity index (χ4n) is 4.08. The number of halogens is 1. The Morgan fingerprint density at radius 3 is 2.16 bits per heavy atom. The van der Waals surface area contributed by atoms with Crippen LogP contribution in [-0.4, -0.2) is 42.0 Å². The third-order valence-electron chi connectivity index (χ3n) is 5.76. The van der Waals surface area contributed by atoms with Gasteiger partial charge in [-0.15, -0.1) is 0 Å². The zero-order chi connectivity index (χ0) is 22.3. The number of carbonyl (C=O) groups is 1. The highest BCUT2D eigenvalue weighted by atomic mass is 79.9. The third-order valence-corrected chi connectivity index (χ3v) is 6.28. The number of hydrogen-bond donors (Lipinski definition) is 1. The van der Waals surface area contributed by atoms with Crippen LogP contribution in [0.2, 0.25) is 0 Å². The molecule has 1 aliphatic rings. The van der Waals surface area contributed by atoms with Gasteiger partial charge >= 0.3 is 6.03 Å². The quantitative estimate of drug-likeness (QED) is 0.518. The van der Waals surface area contributed by atoms with E-state index in [2.05, 4.69) is 80.7 Å². The topological polar surface area (TPSA) is 59.4 Å². The Kier molecular flexibility index (Phi) is 7.21. The van der Waals surface area contributed by atoms with Gasteiger partial charge in [-0.3, -0.25) is 4.90 Å². The molecule has 4 rings (SSSR count). The average Bonchev–Trinajstić information content (AvgIpc) is 2.83. The van der Waals surface area contributed by atoms with Gasteiger partial charge in [0.1, 0.15) is 0 Å². The zero-order valence-corrected chi connectivity index (χ0v) is 19.3. The molecule has 32 heavy (non-hydrogen) atoms. The van der Waals surface area contributed by atoms with Crippen LogP contribution in [0.5, 0.6) is 0 Å². The number of hydrogen-bond acceptors (Lipinski definition) is 3. The van der Waals surface area contributed by atoms with Gasteiger partial charge in [-0.1, -0.05) is 70.5 Å². The Morgan fingerprint density at radius 1 is 0.906 bits per heavy atom. The van der Waals surface area contributed by atoms with Crippen molar-refractivity contribution in [3.8, 4) is 6.07 Å². The van der Waals surface area contributed by atoms with Crippen LogP contribution >= 0.6 is 15.9 Å². The Morgan fingerprint density at radius 2 is 1.53 bits per heavy atom. The summed E-state index contributed by atoms with van der Waals surface area (Å²) in [5.74, 6) is 0. The molecule has 1 N–H and O–H groups in total. The highest BCUT2D eigenvalue weighted by Gasteiger charge is 2.28. The molecule has 3 aromatic rings. The van der Waals surface area contributed by atoms with Gasteiger partial charge < -0.3 is 10.2 Å². The molecule has 1 aliphatic heterocycles. The molecule has 0 aromatic heterocycles. The van der Waals surface area contributed by atoms with Gasteiger partial charge in [-0.2, -0.15) is 5.26 Å². The summed E-state index contributed by atoms with van der Waals surface area (Å²) in [6.07, 6.45) is 0.372. The predicted octanol–water partition coefficient (Wildman–Crippen LogP) is 5.45. The average molecular weight is 489 g/mol. The van der Waals surface area contributed by atoms with E-state index in [9.17, 15) is 4.79 Å². The fraction of sp³-hybridized carbons (Fsp3) is 0.231. The van der Waals surface area contributed by atoms with Crippen molar-refractivity contribution in [2.75, 3.05) is 31.5 Å². The lowest BCUT2D eigenvalue weighted by atomic mass is 9.96. The van der Waals surface area contributed by atoms with E-state index in [0.717, 1.165) is 28.8 Å². The molecule has 6 heteroatoms. The Balaban J connectivity index is 1.42. The monoisotopic (exact) mass is 488 g/mol. The van der Waals surface area contributed by atoms with E-state index < -0.39 is 0 Å². The molecule has 5 nitrogen and oxygen atoms in total. The van der Waals surface area contributed by atoms with Crippen LogP contribution in [0.4, 0.5) is 10.5 Å². The van der Waals surface area contributed by atoms with Crippen molar-refractivity contribution < 1.29 is 4.79 Å². The minimum absolute atomic E-state index is 0.0856. The van der Waals surface area contributed by atoms with Gasteiger partial charge in [-0.05, 0) is 41.0 Å². The van der Waals surface area contributed by atoms with E-state index in [0.29, 0.717) is 19.5 Å². The van der Waals surface area contributed by atoms with E-state index in [4.69, 9.17) is 5.26 Å². The van der Waals surface area contributed by atoms with Crippen LogP contribution in [0.3, 0.4) is 0 Å². The molecule has 0 unspecified atom stereocenters. The van der Waals surface area contributed by atoms with Crippen molar-refractivity contribution in [1.29, 1.82) is 5.26 Å². The number of nitrogens with one attached hydrogen (secondary N) is 1. The van der Waals surface area contributed by atoms with Crippen molar-refractivity contribution in [1.82, 2.24) is 9.80 Å². The van der Waals surface area contributed by atoms with Gasteiger partial charge in [0.05, 0.1) is 18.5 Å². The van der Waals surface area contributed by atoms with Crippen molar-refractivity contribution in [3.63, 3.8) is 0 Å². The van der Waals surface area contributed by atoms with Gasteiger partial charge in [0, 0.05) is 36.3 Å². The van der Waals surface area contributed by atoms with Crippen LogP contribution < -0.4 is 5.32 Å². The first-order chi connectivity index (χ1) is 15.6. The fourth-order valence-corrected chi connectivity index (χ4v) is 4.34. The second-order valence-electron chi connectivity index (χ2n) is 7.85. The molecule has 0 saturated carbocycles. The molecular formula is C26H25BrN4O. The van der Waals surface area contributed by atoms with Crippen LogP contribution in [0.25, 0.3) is 0 Å². The first-order valence-electron chi connectivity index (χ1n) is 10.7. The Hall–Kier alpha value is -3.14. The molecule has 0 aliphatic carbocycles. The number of carbonyl (C=O) groups excluding carboxylic acids is 1. The summed E-state index contributed by atoms with van der Waals surface area (Å²) >= 11 is 3.53. The van der Waals surface area contributed by atoms with Crippen molar-refractivity contribution in [2.45, 2.75) is 12.5 Å². The van der Waals surface area contributed by atoms with E-state index in [1.807, 2.05) is 35.2 Å². The van der Waals surface area contributed by atoms with Crippen molar-refractivity contribution in [2.24, 2.45) is 0 Å². The number of rotatable bonds is 5. The molecule has 2 amide bonds. The molecule has 1 fully saturated rings. The number of nitrogens with zero attached hydrogens (tertiary/aromatic N) is 3. The minimum Gasteiger partial charge on any atom is -0.322 e. The summed E-state index contributed by atoms with van der Waals surface area (Å²) in [7, 11) is 0. The van der Waals surface area contributed by atoms with Crippen LogP contribution in [0.1, 0.15) is 22.7 Å². The SMILES string of the molecule is N#CCc1ccc(NC(=O)N2CCN([C@H](c3ccccc3)c3ccc(Br)cc3)CC2)cc1. The van der Waals surface area contributed by atoms with E-state index >= 15 is 0 Å². The highest BCUT2D eigenvalue weighted by molar-refractivity contribution is 9.10. The van der Waals surface area contributed by atoms with Crippen molar-refractivity contribution >= 4 is 27.6 Å². The maximum absolute atomic E-state index is 12.8. The largest absolute Gasteiger partial charge is 0.322 e. The van der Waals surface area contributed by atoms with Gasteiger partial charge in [0.2, 0.25) is 0 Å². The van der Waals surface area contributed by atoms with Gasteiger partial charge in [-0.25, -0.2) is 4.79 Å². The number of benzene rings is 3. The summed E-state index contributed by atoms with van der Waals surface area (Å²) in [4.78, 5) is 17.1. The molecule has 1 saturated heterocycles. The highest BCUT2D eigenvalue weighted by Crippen LogP contribution is 2.30. The summed E-state index contributed by atoms with van der Waals surface area (Å²) in [5.41, 5.74) is 4.19. The summed E-state index contributed by atoms with van der Waals surface area (Å²) in [5, 5.41) is 11.8. The molecule has 0 radical (unpaired) electrons. The predicted molar refractivity (Wildman–Crippen MR) is 130 cm³/mol. The second kappa shape index (κ2) is 10.4. The number of urea groups is 1. The third kappa shape index (κ3) is 5.37. The number of amides is 2. The molecule has 1 heterocycles. The molecule has 162 valence electrons. The van der Waals surface area contributed by atoms with Gasteiger partial charge in [0.25, 0.3) is 0 Å². The number of nitriles is 1. The number of piperazine rings is 1. The van der Waals surface area contributed by atoms with Gasteiger partial charge in [0.15, 0.2) is 0 Å². The van der Waals surface area contributed by atoms with E-state index in [1.54, 1.807) is 0 Å². The zero-order valence-electron chi connectivity index (χ0n) is 17.7. The van der Waals surface area contributed by atoms with E-state index in [-0.39, 0.29) is 12.1 Å². The molecule has 1 atom stereocenters. The second-order valence-corrected chi connectivity index (χ2v) is 8.77. The first kappa shape index (κ1) is 22.1. The smallest absolute Gasteiger partial charge is 0.321 e. The molecule has 0 spiro atoms. The Bertz CT molecular complexity index is 1070. The first-order valence-corrected chi connectivity index (χ1v) is 11.5. The van der Waals surface area contributed by atoms with E-state index in [1.165, 1.54) is 11.1 Å². The standard InChI is InChI=1S/C26H25BrN4O/c27-23-10-8-22(9-11-23)25(21-4-2-1-3-5-21)30-16-18-31(19-17-30)26(32)29-24-12-6-20(7-13-24)14-15-28/h1-13,25H,14,16-19H2,(H,29,32)/t25-/m1/s1. The lowest BCUT2D eigenvalue weighted by molar-refractivity contribution is 0.126. The summed E-state index contributed by atoms with van der Waals surface area (Å²) in [6, 6.07) is 28.7. The molecular weight excluding hydrogens is 464 g/mol. The Labute approximate surface area is 197 Å². The minimum atomic E-state index is -0.0856. The summed E-state index contributed by atoms with van der Waals surface area (Å²) in [6.45, 7) is 2.92.